The van der Waals surface area contributed by atoms with Gasteiger partial charge >= 0.3 is 5.97 Å². The van der Waals surface area contributed by atoms with Gasteiger partial charge in [-0.2, -0.15) is 0 Å². The number of imide groups is 1. The Morgan fingerprint density at radius 2 is 1.65 bits per heavy atom. The van der Waals surface area contributed by atoms with E-state index < -0.39 is 23.2 Å². The third kappa shape index (κ3) is 3.62. The number of amides is 2. The SMILES string of the molecule is COC(=O)[C@@H](C)N1C(=O)S/C(=C/c2c(OC)cc(OC)cc2OC)C1=O. The first-order valence-corrected chi connectivity index (χ1v) is 8.34. The topological polar surface area (TPSA) is 91.4 Å². The van der Waals surface area contributed by atoms with Crippen molar-refractivity contribution in [1.82, 2.24) is 4.90 Å². The normalized spacial score (nSPS) is 16.7. The minimum atomic E-state index is -1.02. The van der Waals surface area contributed by atoms with Gasteiger partial charge in [0.25, 0.3) is 11.1 Å². The maximum absolute atomic E-state index is 12.6. The molecule has 1 aliphatic rings. The highest BCUT2D eigenvalue weighted by Gasteiger charge is 2.41. The van der Waals surface area contributed by atoms with Crippen LogP contribution in [-0.4, -0.2) is 56.5 Å². The highest BCUT2D eigenvalue weighted by atomic mass is 32.2. The molecule has 0 spiro atoms. The third-order valence-electron chi connectivity index (χ3n) is 3.78. The van der Waals surface area contributed by atoms with Gasteiger partial charge in [0, 0.05) is 12.1 Å². The van der Waals surface area contributed by atoms with Gasteiger partial charge in [-0.3, -0.25) is 14.5 Å². The van der Waals surface area contributed by atoms with Crippen molar-refractivity contribution < 1.29 is 33.3 Å². The average Bonchev–Trinajstić information content (AvgIpc) is 2.93. The molecule has 1 aromatic rings. The lowest BCUT2D eigenvalue weighted by atomic mass is 10.1. The van der Waals surface area contributed by atoms with Crippen LogP contribution in [0.15, 0.2) is 17.0 Å². The number of hydrogen-bond donors (Lipinski definition) is 0. The number of methoxy groups -OCH3 is 4. The van der Waals surface area contributed by atoms with Crippen LogP contribution in [0.5, 0.6) is 17.2 Å². The molecule has 0 bridgehead atoms. The molecule has 0 saturated carbocycles. The van der Waals surface area contributed by atoms with Crippen LogP contribution in [0.3, 0.4) is 0 Å². The molecule has 0 aliphatic carbocycles. The van der Waals surface area contributed by atoms with Crippen molar-refractivity contribution in [1.29, 1.82) is 0 Å². The van der Waals surface area contributed by atoms with Crippen molar-refractivity contribution in [2.45, 2.75) is 13.0 Å². The summed E-state index contributed by atoms with van der Waals surface area (Å²) in [6, 6.07) is 2.25. The van der Waals surface area contributed by atoms with E-state index in [4.69, 9.17) is 14.2 Å². The molecule has 9 heteroatoms. The Morgan fingerprint density at radius 1 is 1.08 bits per heavy atom. The van der Waals surface area contributed by atoms with E-state index in [1.165, 1.54) is 41.4 Å². The van der Waals surface area contributed by atoms with E-state index in [1.807, 2.05) is 0 Å². The monoisotopic (exact) mass is 381 g/mol. The summed E-state index contributed by atoms with van der Waals surface area (Å²) in [5, 5.41) is -0.550. The average molecular weight is 381 g/mol. The number of carbonyl (C=O) groups is 3. The number of thioether (sulfide) groups is 1. The zero-order chi connectivity index (χ0) is 19.4. The molecule has 1 aromatic carbocycles. The van der Waals surface area contributed by atoms with E-state index in [9.17, 15) is 14.4 Å². The molecule has 2 rings (SSSR count). The molecule has 1 aliphatic heterocycles. The second-order valence-electron chi connectivity index (χ2n) is 5.20. The van der Waals surface area contributed by atoms with Crippen molar-refractivity contribution in [3.8, 4) is 17.2 Å². The Bertz CT molecular complexity index is 749. The van der Waals surface area contributed by atoms with E-state index in [0.717, 1.165) is 16.7 Å². The largest absolute Gasteiger partial charge is 0.496 e. The van der Waals surface area contributed by atoms with Crippen LogP contribution in [0, 0.1) is 0 Å². The minimum absolute atomic E-state index is 0.146. The maximum atomic E-state index is 12.6. The highest BCUT2D eigenvalue weighted by Crippen LogP contribution is 2.40. The van der Waals surface area contributed by atoms with Gasteiger partial charge in [0.15, 0.2) is 0 Å². The Morgan fingerprint density at radius 3 is 2.12 bits per heavy atom. The Kier molecular flexibility index (Phi) is 6.14. The van der Waals surface area contributed by atoms with E-state index >= 15 is 0 Å². The lowest BCUT2D eigenvalue weighted by Crippen LogP contribution is -2.42. The van der Waals surface area contributed by atoms with Gasteiger partial charge in [-0.15, -0.1) is 0 Å². The summed E-state index contributed by atoms with van der Waals surface area (Å²) in [6.45, 7) is 1.43. The minimum Gasteiger partial charge on any atom is -0.496 e. The molecule has 0 unspecified atom stereocenters. The van der Waals surface area contributed by atoms with Crippen LogP contribution in [0.25, 0.3) is 6.08 Å². The molecule has 0 radical (unpaired) electrons. The number of nitrogens with zero attached hydrogens (tertiary/aromatic N) is 1. The van der Waals surface area contributed by atoms with Crippen LogP contribution in [-0.2, 0) is 14.3 Å². The summed E-state index contributed by atoms with van der Waals surface area (Å²) in [5.41, 5.74) is 0.479. The fraction of sp³-hybridized carbons (Fsp3) is 0.353. The first kappa shape index (κ1) is 19.6. The van der Waals surface area contributed by atoms with Gasteiger partial charge in [0.1, 0.15) is 23.3 Å². The fourth-order valence-corrected chi connectivity index (χ4v) is 3.29. The van der Waals surface area contributed by atoms with Crippen LogP contribution in [0.2, 0.25) is 0 Å². The zero-order valence-corrected chi connectivity index (χ0v) is 15.8. The standard InChI is InChI=1S/C17H19NO7S/c1-9(16(20)25-5)18-15(19)14(26-17(18)21)8-11-12(23-3)6-10(22-2)7-13(11)24-4/h6-9H,1-5H3/b14-8+/t9-/m1/s1. The van der Waals surface area contributed by atoms with Gasteiger partial charge in [-0.05, 0) is 24.8 Å². The number of esters is 1. The molecule has 2 amide bonds. The molecule has 0 N–H and O–H groups in total. The van der Waals surface area contributed by atoms with Crippen LogP contribution < -0.4 is 14.2 Å². The molecule has 8 nitrogen and oxygen atoms in total. The van der Waals surface area contributed by atoms with Crippen molar-refractivity contribution in [2.24, 2.45) is 0 Å². The quantitative estimate of drug-likeness (QED) is 0.548. The molecule has 140 valence electrons. The predicted molar refractivity (Wildman–Crippen MR) is 95.4 cm³/mol. The lowest BCUT2D eigenvalue weighted by molar-refractivity contribution is -0.148. The molecule has 0 aromatic heterocycles. The number of carbonyl (C=O) groups excluding carboxylic acids is 3. The smallest absolute Gasteiger partial charge is 0.328 e. The molecule has 26 heavy (non-hydrogen) atoms. The molecule has 1 atom stereocenters. The van der Waals surface area contributed by atoms with E-state index in [0.29, 0.717) is 22.8 Å². The summed E-state index contributed by atoms with van der Waals surface area (Å²) < 4.78 is 20.5. The summed E-state index contributed by atoms with van der Waals surface area (Å²) in [6.07, 6.45) is 1.49. The Balaban J connectivity index is 2.46. The summed E-state index contributed by atoms with van der Waals surface area (Å²) >= 11 is 0.730. The van der Waals surface area contributed by atoms with E-state index in [-0.39, 0.29) is 4.91 Å². The summed E-state index contributed by atoms with van der Waals surface area (Å²) in [7, 11) is 5.64. The second-order valence-corrected chi connectivity index (χ2v) is 6.19. The summed E-state index contributed by atoms with van der Waals surface area (Å²) in [5.74, 6) is 0.0808. The zero-order valence-electron chi connectivity index (χ0n) is 15.0. The highest BCUT2D eigenvalue weighted by molar-refractivity contribution is 8.18. The van der Waals surface area contributed by atoms with Gasteiger partial charge in [0.2, 0.25) is 0 Å². The van der Waals surface area contributed by atoms with Crippen molar-refractivity contribution in [2.75, 3.05) is 28.4 Å². The number of rotatable bonds is 6. The first-order chi connectivity index (χ1) is 12.4. The third-order valence-corrected chi connectivity index (χ3v) is 4.67. The van der Waals surface area contributed by atoms with Gasteiger partial charge in [-0.1, -0.05) is 0 Å². The van der Waals surface area contributed by atoms with Gasteiger partial charge in [-0.25, -0.2) is 4.79 Å². The number of hydrogen-bond acceptors (Lipinski definition) is 8. The number of benzene rings is 1. The Labute approximate surface area is 155 Å². The Hall–Kier alpha value is -2.68. The van der Waals surface area contributed by atoms with E-state index in [1.54, 1.807) is 12.1 Å². The number of ether oxygens (including phenoxy) is 4. The van der Waals surface area contributed by atoms with Crippen LogP contribution in [0.1, 0.15) is 12.5 Å². The van der Waals surface area contributed by atoms with Gasteiger partial charge < -0.3 is 18.9 Å². The predicted octanol–water partition coefficient (Wildman–Crippen LogP) is 2.31. The molecule has 1 saturated heterocycles. The van der Waals surface area contributed by atoms with Crippen molar-refractivity contribution in [3.63, 3.8) is 0 Å². The van der Waals surface area contributed by atoms with Crippen molar-refractivity contribution in [3.05, 3.63) is 22.6 Å². The molecule has 1 heterocycles. The van der Waals surface area contributed by atoms with Crippen molar-refractivity contribution >= 4 is 35.0 Å². The van der Waals surface area contributed by atoms with E-state index in [2.05, 4.69) is 4.74 Å². The molecular weight excluding hydrogens is 362 g/mol. The fourth-order valence-electron chi connectivity index (χ4n) is 2.40. The molecular formula is C17H19NO7S. The lowest BCUT2D eigenvalue weighted by Gasteiger charge is -2.18. The second kappa shape index (κ2) is 8.13. The molecule has 1 fully saturated rings. The first-order valence-electron chi connectivity index (χ1n) is 7.52. The van der Waals surface area contributed by atoms with Crippen LogP contribution >= 0.6 is 11.8 Å². The summed E-state index contributed by atoms with van der Waals surface area (Å²) in [4.78, 5) is 37.5. The van der Waals surface area contributed by atoms with Gasteiger partial charge in [0.05, 0.1) is 38.9 Å². The van der Waals surface area contributed by atoms with Crippen LogP contribution in [0.4, 0.5) is 4.79 Å². The maximum Gasteiger partial charge on any atom is 0.328 e.